The fourth-order valence-electron chi connectivity index (χ4n) is 1.82. The first kappa shape index (κ1) is 14.4. The number of rotatable bonds is 5. The Morgan fingerprint density at radius 2 is 2.18 bits per heavy atom. The van der Waals surface area contributed by atoms with Crippen LogP contribution < -0.4 is 0 Å². The molecule has 0 bridgehead atoms. The molecule has 0 aromatic heterocycles. The summed E-state index contributed by atoms with van der Waals surface area (Å²) in [5, 5.41) is 0.0341. The second-order valence-corrected chi connectivity index (χ2v) is 5.68. The van der Waals surface area contributed by atoms with E-state index in [9.17, 15) is 9.59 Å². The lowest BCUT2D eigenvalue weighted by Crippen LogP contribution is -2.44. The molecule has 0 N–H and O–H groups in total. The van der Waals surface area contributed by atoms with Crippen molar-refractivity contribution in [1.82, 2.24) is 4.90 Å². The van der Waals surface area contributed by atoms with E-state index >= 15 is 0 Å². The average Bonchev–Trinajstić information content (AvgIpc) is 2.78. The molecule has 1 aliphatic heterocycles. The highest BCUT2D eigenvalue weighted by Crippen LogP contribution is 2.28. The number of carbonyl (C=O) groups is 2. The summed E-state index contributed by atoms with van der Waals surface area (Å²) < 4.78 is 4.90. The monoisotopic (exact) mass is 259 g/mol. The Labute approximate surface area is 107 Å². The number of ether oxygens (including phenoxy) is 1. The lowest BCUT2D eigenvalue weighted by molar-refractivity contribution is -0.149. The standard InChI is InChI=1S/C12H21NO3S/c1-4-16-11(14)8-13(9(2)3)12(15)10-6-5-7-17-10/h9-10H,4-8H2,1-3H3. The third-order valence-corrected chi connectivity index (χ3v) is 4.08. The van der Waals surface area contributed by atoms with E-state index in [1.165, 1.54) is 0 Å². The molecular weight excluding hydrogens is 238 g/mol. The van der Waals surface area contributed by atoms with Crippen LogP contribution >= 0.6 is 11.8 Å². The lowest BCUT2D eigenvalue weighted by Gasteiger charge is -2.28. The Hall–Kier alpha value is -0.710. The van der Waals surface area contributed by atoms with Crippen molar-refractivity contribution in [2.75, 3.05) is 18.9 Å². The van der Waals surface area contributed by atoms with Gasteiger partial charge in [0, 0.05) is 6.04 Å². The van der Waals surface area contributed by atoms with Gasteiger partial charge in [-0.1, -0.05) is 0 Å². The van der Waals surface area contributed by atoms with Crippen molar-refractivity contribution < 1.29 is 14.3 Å². The van der Waals surface area contributed by atoms with Gasteiger partial charge in [-0.15, -0.1) is 11.8 Å². The molecule has 1 atom stereocenters. The smallest absolute Gasteiger partial charge is 0.325 e. The van der Waals surface area contributed by atoms with Gasteiger partial charge in [0.25, 0.3) is 0 Å². The van der Waals surface area contributed by atoms with E-state index in [1.807, 2.05) is 13.8 Å². The fourth-order valence-corrected chi connectivity index (χ4v) is 3.05. The van der Waals surface area contributed by atoms with Crippen LogP contribution in [0.5, 0.6) is 0 Å². The zero-order valence-electron chi connectivity index (χ0n) is 10.8. The topological polar surface area (TPSA) is 46.6 Å². The van der Waals surface area contributed by atoms with Crippen molar-refractivity contribution in [3.8, 4) is 0 Å². The molecule has 1 fully saturated rings. The zero-order chi connectivity index (χ0) is 12.8. The summed E-state index contributed by atoms with van der Waals surface area (Å²) in [7, 11) is 0. The highest BCUT2D eigenvalue weighted by molar-refractivity contribution is 8.00. The molecule has 1 rings (SSSR count). The first-order valence-electron chi connectivity index (χ1n) is 6.14. The Kier molecular flexibility index (Phi) is 5.82. The minimum Gasteiger partial charge on any atom is -0.465 e. The summed E-state index contributed by atoms with van der Waals surface area (Å²) in [5.74, 6) is 0.801. The molecule has 1 heterocycles. The van der Waals surface area contributed by atoms with Gasteiger partial charge in [0.05, 0.1) is 11.9 Å². The molecule has 4 nitrogen and oxygen atoms in total. The van der Waals surface area contributed by atoms with Crippen LogP contribution in [0.1, 0.15) is 33.6 Å². The van der Waals surface area contributed by atoms with Crippen molar-refractivity contribution in [3.05, 3.63) is 0 Å². The molecule has 0 saturated carbocycles. The van der Waals surface area contributed by atoms with Crippen molar-refractivity contribution in [2.45, 2.75) is 44.9 Å². The molecule has 0 aromatic carbocycles. The predicted octanol–water partition coefficient (Wildman–Crippen LogP) is 1.68. The van der Waals surface area contributed by atoms with Crippen LogP contribution in [-0.4, -0.2) is 47.0 Å². The molecule has 1 saturated heterocycles. The molecule has 0 spiro atoms. The van der Waals surface area contributed by atoms with E-state index in [2.05, 4.69) is 0 Å². The second kappa shape index (κ2) is 6.89. The average molecular weight is 259 g/mol. The van der Waals surface area contributed by atoms with Gasteiger partial charge in [0.2, 0.25) is 5.91 Å². The minimum atomic E-state index is -0.322. The number of amides is 1. The molecule has 98 valence electrons. The molecule has 17 heavy (non-hydrogen) atoms. The van der Waals surface area contributed by atoms with Gasteiger partial charge >= 0.3 is 5.97 Å². The second-order valence-electron chi connectivity index (χ2n) is 4.37. The van der Waals surface area contributed by atoms with Gasteiger partial charge in [0.15, 0.2) is 0 Å². The zero-order valence-corrected chi connectivity index (χ0v) is 11.6. The van der Waals surface area contributed by atoms with Crippen LogP contribution in [0.25, 0.3) is 0 Å². The summed E-state index contributed by atoms with van der Waals surface area (Å²) in [6, 6.07) is 0.0353. The highest BCUT2D eigenvalue weighted by atomic mass is 32.2. The molecular formula is C12H21NO3S. The summed E-state index contributed by atoms with van der Waals surface area (Å²) in [6.07, 6.45) is 2.02. The maximum Gasteiger partial charge on any atom is 0.325 e. The highest BCUT2D eigenvalue weighted by Gasteiger charge is 2.30. The van der Waals surface area contributed by atoms with Gasteiger partial charge in [-0.05, 0) is 39.4 Å². The van der Waals surface area contributed by atoms with Gasteiger partial charge in [0.1, 0.15) is 6.54 Å². The van der Waals surface area contributed by atoms with Crippen LogP contribution in [0.2, 0.25) is 0 Å². The van der Waals surface area contributed by atoms with Crippen LogP contribution in [0.4, 0.5) is 0 Å². The fraction of sp³-hybridized carbons (Fsp3) is 0.833. The molecule has 0 aromatic rings. The molecule has 1 aliphatic rings. The van der Waals surface area contributed by atoms with E-state index in [1.54, 1.807) is 23.6 Å². The maximum atomic E-state index is 12.2. The number of esters is 1. The number of nitrogens with zero attached hydrogens (tertiary/aromatic N) is 1. The van der Waals surface area contributed by atoms with Crippen molar-refractivity contribution in [3.63, 3.8) is 0 Å². The summed E-state index contributed by atoms with van der Waals surface area (Å²) in [4.78, 5) is 25.3. The SMILES string of the molecule is CCOC(=O)CN(C(=O)C1CCCS1)C(C)C. The van der Waals surface area contributed by atoms with Gasteiger partial charge in [-0.2, -0.15) is 0 Å². The minimum absolute atomic E-state index is 0.0341. The maximum absolute atomic E-state index is 12.2. The first-order valence-corrected chi connectivity index (χ1v) is 7.18. The Morgan fingerprint density at radius 3 is 2.65 bits per heavy atom. The number of thioether (sulfide) groups is 1. The third kappa shape index (κ3) is 4.22. The number of hydrogen-bond donors (Lipinski definition) is 0. The summed E-state index contributed by atoms with van der Waals surface area (Å²) in [6.45, 7) is 6.05. The number of hydrogen-bond acceptors (Lipinski definition) is 4. The van der Waals surface area contributed by atoms with Gasteiger partial charge in [-0.25, -0.2) is 0 Å². The summed E-state index contributed by atoms with van der Waals surface area (Å²) in [5.41, 5.74) is 0. The molecule has 0 aliphatic carbocycles. The number of carbonyl (C=O) groups excluding carboxylic acids is 2. The van der Waals surface area contributed by atoms with Crippen LogP contribution in [0.3, 0.4) is 0 Å². The summed E-state index contributed by atoms with van der Waals surface area (Å²) >= 11 is 1.69. The Bertz CT molecular complexity index is 275. The quantitative estimate of drug-likeness (QED) is 0.705. The van der Waals surface area contributed by atoms with E-state index in [0.717, 1.165) is 18.6 Å². The molecule has 1 unspecified atom stereocenters. The molecule has 0 radical (unpaired) electrons. The van der Waals surface area contributed by atoms with Crippen molar-refractivity contribution in [2.24, 2.45) is 0 Å². The van der Waals surface area contributed by atoms with Crippen LogP contribution in [0.15, 0.2) is 0 Å². The van der Waals surface area contributed by atoms with Gasteiger partial charge < -0.3 is 9.64 Å². The van der Waals surface area contributed by atoms with Crippen LogP contribution in [0, 0.1) is 0 Å². The Morgan fingerprint density at radius 1 is 1.47 bits per heavy atom. The molecule has 5 heteroatoms. The van der Waals surface area contributed by atoms with E-state index < -0.39 is 0 Å². The first-order chi connectivity index (χ1) is 8.06. The van der Waals surface area contributed by atoms with E-state index in [0.29, 0.717) is 6.61 Å². The normalized spacial score (nSPS) is 19.4. The van der Waals surface area contributed by atoms with E-state index in [4.69, 9.17) is 4.74 Å². The molecule has 1 amide bonds. The van der Waals surface area contributed by atoms with Crippen LogP contribution in [-0.2, 0) is 14.3 Å². The van der Waals surface area contributed by atoms with E-state index in [-0.39, 0.29) is 29.7 Å². The lowest BCUT2D eigenvalue weighted by atomic mass is 10.2. The largest absolute Gasteiger partial charge is 0.465 e. The van der Waals surface area contributed by atoms with Gasteiger partial charge in [-0.3, -0.25) is 9.59 Å². The Balaban J connectivity index is 2.58. The van der Waals surface area contributed by atoms with Crippen molar-refractivity contribution in [1.29, 1.82) is 0 Å². The predicted molar refractivity (Wildman–Crippen MR) is 69.0 cm³/mol. The third-order valence-electron chi connectivity index (χ3n) is 2.72. The van der Waals surface area contributed by atoms with Crippen molar-refractivity contribution >= 4 is 23.6 Å².